The van der Waals surface area contributed by atoms with Gasteiger partial charge in [-0.25, -0.2) is 0 Å². The molecule has 0 N–H and O–H groups in total. The molecule has 5 heteroatoms. The fourth-order valence-corrected chi connectivity index (χ4v) is 3.90. The third-order valence-electron chi connectivity index (χ3n) is 5.47. The number of rotatable bonds is 4. The summed E-state index contributed by atoms with van der Waals surface area (Å²) in [5.74, 6) is 0.852. The van der Waals surface area contributed by atoms with Crippen molar-refractivity contribution in [3.05, 3.63) is 52.4 Å². The summed E-state index contributed by atoms with van der Waals surface area (Å²) in [6.07, 6.45) is 8.15. The van der Waals surface area contributed by atoms with Gasteiger partial charge in [-0.3, -0.25) is 9.36 Å². The lowest BCUT2D eigenvalue weighted by atomic mass is 9.71. The zero-order valence-electron chi connectivity index (χ0n) is 14.6. The van der Waals surface area contributed by atoms with Crippen LogP contribution in [0.25, 0.3) is 0 Å². The van der Waals surface area contributed by atoms with Crippen LogP contribution in [0.5, 0.6) is 11.8 Å². The minimum atomic E-state index is -0.278. The predicted molar refractivity (Wildman–Crippen MR) is 95.3 cm³/mol. The lowest BCUT2D eigenvalue weighted by Crippen LogP contribution is -2.25. The molecule has 0 spiro atoms. The van der Waals surface area contributed by atoms with E-state index in [1.54, 1.807) is 6.20 Å². The summed E-state index contributed by atoms with van der Waals surface area (Å²) in [7, 11) is 0. The maximum Gasteiger partial charge on any atom is 0.300 e. The molecule has 1 fully saturated rings. The van der Waals surface area contributed by atoms with Gasteiger partial charge in [-0.15, -0.1) is 0 Å². The van der Waals surface area contributed by atoms with Gasteiger partial charge >= 0.3 is 0 Å². The molecule has 2 aliphatic rings. The average molecular weight is 340 g/mol. The third kappa shape index (κ3) is 3.41. The van der Waals surface area contributed by atoms with E-state index in [1.165, 1.54) is 43.7 Å². The van der Waals surface area contributed by atoms with Gasteiger partial charge in [-0.2, -0.15) is 4.98 Å². The van der Waals surface area contributed by atoms with Crippen molar-refractivity contribution in [1.82, 2.24) is 9.55 Å². The predicted octanol–water partition coefficient (Wildman–Crippen LogP) is 3.31. The van der Waals surface area contributed by atoms with Crippen LogP contribution in [0.4, 0.5) is 0 Å². The Kier molecular flexibility index (Phi) is 4.24. The van der Waals surface area contributed by atoms with E-state index in [1.807, 2.05) is 4.57 Å². The van der Waals surface area contributed by atoms with Crippen LogP contribution in [-0.4, -0.2) is 22.3 Å². The molecule has 1 atom stereocenters. The second-order valence-corrected chi connectivity index (χ2v) is 7.40. The summed E-state index contributed by atoms with van der Waals surface area (Å²) < 4.78 is 13.4. The Labute approximate surface area is 147 Å². The molecule has 1 saturated carbocycles. The molecular formula is C20H24N2O3. The Morgan fingerprint density at radius 1 is 1.20 bits per heavy atom. The fourth-order valence-electron chi connectivity index (χ4n) is 3.90. The van der Waals surface area contributed by atoms with Gasteiger partial charge in [0.1, 0.15) is 12.4 Å². The smallest absolute Gasteiger partial charge is 0.300 e. The zero-order chi connectivity index (χ0) is 17.3. The van der Waals surface area contributed by atoms with E-state index >= 15 is 0 Å². The second-order valence-electron chi connectivity index (χ2n) is 7.40. The van der Waals surface area contributed by atoms with E-state index in [-0.39, 0.29) is 11.7 Å². The van der Waals surface area contributed by atoms with E-state index in [0.29, 0.717) is 24.6 Å². The molecule has 4 rings (SSSR count). The number of ether oxygens (including phenoxy) is 2. The number of benzene rings is 1. The van der Waals surface area contributed by atoms with Gasteiger partial charge in [0.2, 0.25) is 0 Å². The first-order valence-corrected chi connectivity index (χ1v) is 9.10. The third-order valence-corrected chi connectivity index (χ3v) is 5.47. The first kappa shape index (κ1) is 16.2. The normalized spacial score (nSPS) is 21.4. The molecular weight excluding hydrogens is 316 g/mol. The van der Waals surface area contributed by atoms with E-state index in [9.17, 15) is 4.79 Å². The van der Waals surface area contributed by atoms with Gasteiger partial charge in [0.25, 0.3) is 11.6 Å². The first-order valence-electron chi connectivity index (χ1n) is 9.10. The molecule has 0 saturated heterocycles. The van der Waals surface area contributed by atoms with Crippen LogP contribution in [0.3, 0.4) is 0 Å². The monoisotopic (exact) mass is 340 g/mol. The maximum absolute atomic E-state index is 11.3. The Balaban J connectivity index is 1.35. The summed E-state index contributed by atoms with van der Waals surface area (Å²) in [4.78, 5) is 15.1. The molecule has 1 aliphatic carbocycles. The van der Waals surface area contributed by atoms with Gasteiger partial charge in [-0.1, -0.05) is 38.3 Å². The second kappa shape index (κ2) is 6.54. The highest BCUT2D eigenvalue weighted by atomic mass is 16.6. The van der Waals surface area contributed by atoms with Crippen molar-refractivity contribution in [2.45, 2.75) is 57.1 Å². The van der Waals surface area contributed by atoms with E-state index < -0.39 is 0 Å². The number of aromatic nitrogens is 2. The molecule has 25 heavy (non-hydrogen) atoms. The molecule has 2 aromatic rings. The molecule has 5 nitrogen and oxygen atoms in total. The van der Waals surface area contributed by atoms with Crippen LogP contribution in [0.15, 0.2) is 41.3 Å². The summed E-state index contributed by atoms with van der Waals surface area (Å²) in [5, 5.41) is 0. The van der Waals surface area contributed by atoms with Crippen LogP contribution >= 0.6 is 0 Å². The molecule has 1 aromatic carbocycles. The van der Waals surface area contributed by atoms with Crippen LogP contribution in [0, 0.1) is 0 Å². The van der Waals surface area contributed by atoms with Crippen molar-refractivity contribution in [1.29, 1.82) is 0 Å². The maximum atomic E-state index is 11.3. The first-order chi connectivity index (χ1) is 12.1. The molecule has 0 radical (unpaired) electrons. The SMILES string of the molecule is CC1(c2ccc(OC[C@@H]3Cn4ccc(=O)nc4O3)cc2)CCCCC1. The summed E-state index contributed by atoms with van der Waals surface area (Å²) in [6, 6.07) is 10.3. The number of fused-ring (bicyclic) bond motifs is 1. The molecule has 0 unspecified atom stereocenters. The van der Waals surface area contributed by atoms with Crippen LogP contribution in [0.2, 0.25) is 0 Å². The molecule has 1 aromatic heterocycles. The average Bonchev–Trinajstić information content (AvgIpc) is 3.03. The molecule has 1 aliphatic heterocycles. The van der Waals surface area contributed by atoms with Crippen molar-refractivity contribution in [3.63, 3.8) is 0 Å². The van der Waals surface area contributed by atoms with Crippen molar-refractivity contribution < 1.29 is 9.47 Å². The van der Waals surface area contributed by atoms with Crippen molar-refractivity contribution in [3.8, 4) is 11.8 Å². The molecule has 2 heterocycles. The number of nitrogens with zero attached hydrogens (tertiary/aromatic N) is 2. The molecule has 132 valence electrons. The molecule has 0 bridgehead atoms. The Hall–Kier alpha value is -2.30. The number of hydrogen-bond acceptors (Lipinski definition) is 4. The Morgan fingerprint density at radius 3 is 2.72 bits per heavy atom. The highest BCUT2D eigenvalue weighted by Gasteiger charge is 2.28. The minimum Gasteiger partial charge on any atom is -0.490 e. The highest BCUT2D eigenvalue weighted by molar-refractivity contribution is 5.32. The fraction of sp³-hybridized carbons (Fsp3) is 0.500. The Morgan fingerprint density at radius 2 is 1.96 bits per heavy atom. The van der Waals surface area contributed by atoms with Crippen molar-refractivity contribution in [2.75, 3.05) is 6.61 Å². The zero-order valence-corrected chi connectivity index (χ0v) is 14.6. The van der Waals surface area contributed by atoms with E-state index in [2.05, 4.69) is 36.2 Å². The lowest BCUT2D eigenvalue weighted by Gasteiger charge is -2.34. The standard InChI is InChI=1S/C20H24N2O3/c1-20(10-3-2-4-11-20)15-5-7-16(8-6-15)24-14-17-13-22-12-9-18(23)21-19(22)25-17/h5-9,12,17H,2-4,10-11,13-14H2,1H3/t17-/m0/s1. The Bertz CT molecular complexity index is 791. The van der Waals surface area contributed by atoms with E-state index in [4.69, 9.17) is 9.47 Å². The van der Waals surface area contributed by atoms with Crippen molar-refractivity contribution >= 4 is 0 Å². The van der Waals surface area contributed by atoms with Crippen LogP contribution in [0.1, 0.15) is 44.6 Å². The van der Waals surface area contributed by atoms with Gasteiger partial charge in [0.05, 0.1) is 6.54 Å². The van der Waals surface area contributed by atoms with Gasteiger partial charge in [0, 0.05) is 12.3 Å². The van der Waals surface area contributed by atoms with Gasteiger partial charge < -0.3 is 9.47 Å². The van der Waals surface area contributed by atoms with Gasteiger partial charge in [0.15, 0.2) is 6.10 Å². The number of hydrogen-bond donors (Lipinski definition) is 0. The van der Waals surface area contributed by atoms with E-state index in [0.717, 1.165) is 5.75 Å². The summed E-state index contributed by atoms with van der Waals surface area (Å²) in [6.45, 7) is 3.47. The van der Waals surface area contributed by atoms with Crippen LogP contribution < -0.4 is 15.0 Å². The largest absolute Gasteiger partial charge is 0.490 e. The quantitative estimate of drug-likeness (QED) is 0.857. The van der Waals surface area contributed by atoms with Crippen molar-refractivity contribution in [2.24, 2.45) is 0 Å². The summed E-state index contributed by atoms with van der Waals surface area (Å²) >= 11 is 0. The molecule has 0 amide bonds. The lowest BCUT2D eigenvalue weighted by molar-refractivity contribution is 0.143. The van der Waals surface area contributed by atoms with Crippen LogP contribution in [-0.2, 0) is 12.0 Å². The van der Waals surface area contributed by atoms with Gasteiger partial charge in [-0.05, 0) is 36.0 Å². The summed E-state index contributed by atoms with van der Waals surface area (Å²) in [5.41, 5.74) is 1.44. The highest BCUT2D eigenvalue weighted by Crippen LogP contribution is 2.39. The minimum absolute atomic E-state index is 0.121. The topological polar surface area (TPSA) is 53.4 Å².